The number of alkyl halides is 1. The SMILES string of the molecule is CCC(=O)NC1c2cncc(-c3ccc4c(c3)CCC(=O)N4C)c2CC[C@H]1F. The topological polar surface area (TPSA) is 62.3 Å². The maximum absolute atomic E-state index is 14.6. The van der Waals surface area contributed by atoms with Crippen LogP contribution in [-0.2, 0) is 22.4 Å². The number of amides is 2. The number of rotatable bonds is 3. The summed E-state index contributed by atoms with van der Waals surface area (Å²) < 4.78 is 14.6. The van der Waals surface area contributed by atoms with Crippen molar-refractivity contribution in [2.75, 3.05) is 11.9 Å². The van der Waals surface area contributed by atoms with Crippen LogP contribution in [0.15, 0.2) is 30.6 Å². The third kappa shape index (κ3) is 3.17. The Morgan fingerprint density at radius 1 is 1.29 bits per heavy atom. The summed E-state index contributed by atoms with van der Waals surface area (Å²) in [5.74, 6) is -0.0325. The maximum atomic E-state index is 14.6. The number of pyridine rings is 1. The summed E-state index contributed by atoms with van der Waals surface area (Å²) in [7, 11) is 1.80. The number of hydrogen-bond donors (Lipinski definition) is 1. The molecular formula is C22H24FN3O2. The van der Waals surface area contributed by atoms with Crippen LogP contribution < -0.4 is 10.2 Å². The van der Waals surface area contributed by atoms with Crippen molar-refractivity contribution in [3.63, 3.8) is 0 Å². The second-order valence-electron chi connectivity index (χ2n) is 7.50. The first-order chi connectivity index (χ1) is 13.5. The zero-order chi connectivity index (χ0) is 19.8. The van der Waals surface area contributed by atoms with Gasteiger partial charge in [-0.15, -0.1) is 0 Å². The van der Waals surface area contributed by atoms with Gasteiger partial charge in [0.1, 0.15) is 6.17 Å². The van der Waals surface area contributed by atoms with E-state index in [1.54, 1.807) is 25.1 Å². The summed E-state index contributed by atoms with van der Waals surface area (Å²) in [4.78, 5) is 29.9. The first-order valence-corrected chi connectivity index (χ1v) is 9.79. The van der Waals surface area contributed by atoms with E-state index in [0.717, 1.165) is 39.9 Å². The molecule has 0 saturated heterocycles. The minimum absolute atomic E-state index is 0.127. The molecule has 1 aromatic carbocycles. The number of anilines is 1. The van der Waals surface area contributed by atoms with Crippen molar-refractivity contribution in [1.82, 2.24) is 10.3 Å². The second kappa shape index (κ2) is 7.34. The molecule has 2 aliphatic rings. The number of fused-ring (bicyclic) bond motifs is 2. The van der Waals surface area contributed by atoms with Gasteiger partial charge in [0.15, 0.2) is 0 Å². The van der Waals surface area contributed by atoms with Crippen LogP contribution in [0.1, 0.15) is 48.9 Å². The Labute approximate surface area is 164 Å². The van der Waals surface area contributed by atoms with E-state index in [2.05, 4.69) is 16.4 Å². The molecule has 28 heavy (non-hydrogen) atoms. The van der Waals surface area contributed by atoms with Crippen LogP contribution in [0.3, 0.4) is 0 Å². The summed E-state index contributed by atoms with van der Waals surface area (Å²) in [5.41, 5.74) is 5.88. The normalized spacial score (nSPS) is 21.1. The Morgan fingerprint density at radius 3 is 2.89 bits per heavy atom. The number of aromatic nitrogens is 1. The molecule has 0 fully saturated rings. The van der Waals surface area contributed by atoms with Crippen LogP contribution in [0.2, 0.25) is 0 Å². The standard InChI is InChI=1S/C22H24FN3O2/c1-3-20(27)25-22-17-12-24-11-16(15(17)6-7-18(22)23)13-4-8-19-14(10-13)5-9-21(28)26(19)2/h4,8,10-12,18,22H,3,5-7,9H2,1-2H3,(H,25,27)/t18-,22?/m1/s1. The number of carbonyl (C=O) groups excluding carboxylic acids is 2. The van der Waals surface area contributed by atoms with Crippen LogP contribution in [-0.4, -0.2) is 30.0 Å². The van der Waals surface area contributed by atoms with Crippen LogP contribution in [0.25, 0.3) is 11.1 Å². The summed E-state index contributed by atoms with van der Waals surface area (Å²) in [6.45, 7) is 1.76. The third-order valence-electron chi connectivity index (χ3n) is 5.83. The van der Waals surface area contributed by atoms with E-state index in [9.17, 15) is 14.0 Å². The highest BCUT2D eigenvalue weighted by atomic mass is 19.1. The Kier molecular flexibility index (Phi) is 4.87. The molecule has 0 saturated carbocycles. The van der Waals surface area contributed by atoms with Crippen LogP contribution in [0.5, 0.6) is 0 Å². The average molecular weight is 381 g/mol. The summed E-state index contributed by atoms with van der Waals surface area (Å²) in [5, 5.41) is 2.82. The van der Waals surface area contributed by atoms with Crippen LogP contribution in [0, 0.1) is 0 Å². The van der Waals surface area contributed by atoms with Crippen molar-refractivity contribution in [2.24, 2.45) is 0 Å². The van der Waals surface area contributed by atoms with Crippen LogP contribution >= 0.6 is 0 Å². The molecule has 4 rings (SSSR count). The highest BCUT2D eigenvalue weighted by molar-refractivity contribution is 5.96. The van der Waals surface area contributed by atoms with Crippen LogP contribution in [0.4, 0.5) is 10.1 Å². The third-order valence-corrected chi connectivity index (χ3v) is 5.83. The number of hydrogen-bond acceptors (Lipinski definition) is 3. The van der Waals surface area contributed by atoms with Crippen molar-refractivity contribution >= 4 is 17.5 Å². The summed E-state index contributed by atoms with van der Waals surface area (Å²) in [6.07, 6.45) is 4.92. The van der Waals surface area contributed by atoms with Gasteiger partial charge in [-0.1, -0.05) is 13.0 Å². The molecule has 0 spiro atoms. The van der Waals surface area contributed by atoms with Gasteiger partial charge in [-0.3, -0.25) is 14.6 Å². The number of nitrogens with zero attached hydrogens (tertiary/aromatic N) is 2. The Bertz CT molecular complexity index is 943. The largest absolute Gasteiger partial charge is 0.346 e. The molecule has 2 heterocycles. The van der Waals surface area contributed by atoms with Crippen molar-refractivity contribution < 1.29 is 14.0 Å². The van der Waals surface area contributed by atoms with Gasteiger partial charge in [0.25, 0.3) is 0 Å². The van der Waals surface area contributed by atoms with Gasteiger partial charge >= 0.3 is 0 Å². The van der Waals surface area contributed by atoms with Crippen molar-refractivity contribution in [3.8, 4) is 11.1 Å². The molecule has 1 aliphatic carbocycles. The average Bonchev–Trinajstić information content (AvgIpc) is 2.72. The van der Waals surface area contributed by atoms with E-state index < -0.39 is 12.2 Å². The number of aryl methyl sites for hydroxylation is 1. The van der Waals surface area contributed by atoms with E-state index in [-0.39, 0.29) is 11.8 Å². The molecule has 2 atom stereocenters. The molecule has 0 radical (unpaired) electrons. The van der Waals surface area contributed by atoms with E-state index in [0.29, 0.717) is 25.7 Å². The van der Waals surface area contributed by atoms with Crippen molar-refractivity contribution in [3.05, 3.63) is 47.3 Å². The molecule has 2 aromatic rings. The maximum Gasteiger partial charge on any atom is 0.227 e. The van der Waals surface area contributed by atoms with E-state index in [1.807, 2.05) is 18.3 Å². The second-order valence-corrected chi connectivity index (χ2v) is 7.50. The van der Waals surface area contributed by atoms with Gasteiger partial charge in [-0.25, -0.2) is 4.39 Å². The molecule has 5 nitrogen and oxygen atoms in total. The van der Waals surface area contributed by atoms with Crippen molar-refractivity contribution in [1.29, 1.82) is 0 Å². The fraction of sp³-hybridized carbons (Fsp3) is 0.409. The van der Waals surface area contributed by atoms with E-state index in [4.69, 9.17) is 0 Å². The highest BCUT2D eigenvalue weighted by Crippen LogP contribution is 2.39. The highest BCUT2D eigenvalue weighted by Gasteiger charge is 2.32. The fourth-order valence-corrected chi connectivity index (χ4v) is 4.21. The summed E-state index contributed by atoms with van der Waals surface area (Å²) >= 11 is 0. The lowest BCUT2D eigenvalue weighted by Gasteiger charge is -2.31. The summed E-state index contributed by atoms with van der Waals surface area (Å²) in [6, 6.07) is 5.42. The zero-order valence-corrected chi connectivity index (χ0v) is 16.2. The molecule has 6 heteroatoms. The lowest BCUT2D eigenvalue weighted by atomic mass is 9.83. The number of carbonyl (C=O) groups is 2. The monoisotopic (exact) mass is 381 g/mol. The Morgan fingerprint density at radius 2 is 2.11 bits per heavy atom. The quantitative estimate of drug-likeness (QED) is 0.885. The Balaban J connectivity index is 1.75. The van der Waals surface area contributed by atoms with Gasteiger partial charge < -0.3 is 10.2 Å². The predicted molar refractivity (Wildman–Crippen MR) is 106 cm³/mol. The molecular weight excluding hydrogens is 357 g/mol. The molecule has 1 N–H and O–H groups in total. The lowest BCUT2D eigenvalue weighted by Crippen LogP contribution is -2.37. The molecule has 1 aromatic heterocycles. The fourth-order valence-electron chi connectivity index (χ4n) is 4.21. The first kappa shape index (κ1) is 18.6. The number of nitrogens with one attached hydrogen (secondary N) is 1. The van der Waals surface area contributed by atoms with Gasteiger partial charge in [0.05, 0.1) is 6.04 Å². The van der Waals surface area contributed by atoms with Gasteiger partial charge in [0.2, 0.25) is 11.8 Å². The first-order valence-electron chi connectivity index (χ1n) is 9.79. The molecule has 1 unspecified atom stereocenters. The van der Waals surface area contributed by atoms with Gasteiger partial charge in [-0.05, 0) is 53.6 Å². The molecule has 0 bridgehead atoms. The minimum Gasteiger partial charge on any atom is -0.346 e. The van der Waals surface area contributed by atoms with Crippen molar-refractivity contribution in [2.45, 2.75) is 51.2 Å². The van der Waals surface area contributed by atoms with Gasteiger partial charge in [0, 0.05) is 43.5 Å². The number of halogens is 1. The molecule has 1 aliphatic heterocycles. The Hall–Kier alpha value is -2.76. The smallest absolute Gasteiger partial charge is 0.227 e. The van der Waals surface area contributed by atoms with E-state index >= 15 is 0 Å². The minimum atomic E-state index is -1.11. The number of benzene rings is 1. The van der Waals surface area contributed by atoms with E-state index in [1.165, 1.54) is 0 Å². The lowest BCUT2D eigenvalue weighted by molar-refractivity contribution is -0.122. The molecule has 146 valence electrons. The van der Waals surface area contributed by atoms with Gasteiger partial charge in [-0.2, -0.15) is 0 Å². The predicted octanol–water partition coefficient (Wildman–Crippen LogP) is 3.51. The zero-order valence-electron chi connectivity index (χ0n) is 16.2. The molecule has 2 amide bonds.